The van der Waals surface area contributed by atoms with Crippen LogP contribution in [0.2, 0.25) is 0 Å². The lowest BCUT2D eigenvalue weighted by atomic mass is 9.87. The number of carbonyl (C=O) groups excluding carboxylic acids is 1. The summed E-state index contributed by atoms with van der Waals surface area (Å²) in [5.74, 6) is 0.0201. The van der Waals surface area contributed by atoms with Gasteiger partial charge in [0.25, 0.3) is 5.91 Å². The molecule has 20 heavy (non-hydrogen) atoms. The minimum absolute atomic E-state index is 0.0201. The van der Waals surface area contributed by atoms with Gasteiger partial charge in [0.2, 0.25) is 0 Å². The Balaban J connectivity index is 1.79. The highest BCUT2D eigenvalue weighted by molar-refractivity contribution is 5.94. The van der Waals surface area contributed by atoms with Crippen LogP contribution in [0.4, 0.5) is 0 Å². The third kappa shape index (κ3) is 2.60. The van der Waals surface area contributed by atoms with E-state index in [1.807, 2.05) is 31.2 Å². The van der Waals surface area contributed by atoms with Crippen LogP contribution >= 0.6 is 0 Å². The molecule has 2 nitrogen and oxygen atoms in total. The highest BCUT2D eigenvalue weighted by Gasteiger charge is 2.21. The minimum Gasteiger partial charge on any atom is -0.345 e. The maximum Gasteiger partial charge on any atom is 0.251 e. The van der Waals surface area contributed by atoms with Crippen LogP contribution in [0.5, 0.6) is 0 Å². The monoisotopic (exact) mass is 265 g/mol. The van der Waals surface area contributed by atoms with E-state index in [1.54, 1.807) is 0 Å². The Labute approximate surface area is 119 Å². The number of benzene rings is 2. The second kappa shape index (κ2) is 5.49. The molecule has 0 saturated heterocycles. The summed E-state index contributed by atoms with van der Waals surface area (Å²) in [5, 5.41) is 3.17. The van der Waals surface area contributed by atoms with E-state index in [9.17, 15) is 4.79 Å². The van der Waals surface area contributed by atoms with Crippen LogP contribution in [-0.4, -0.2) is 5.91 Å². The molecule has 0 radical (unpaired) electrons. The lowest BCUT2D eigenvalue weighted by Gasteiger charge is -2.26. The molecule has 0 aromatic heterocycles. The first-order chi connectivity index (χ1) is 9.74. The topological polar surface area (TPSA) is 29.1 Å². The Morgan fingerprint density at radius 1 is 1.10 bits per heavy atom. The number of nitrogens with one attached hydrogen (secondary N) is 1. The van der Waals surface area contributed by atoms with Gasteiger partial charge in [0.1, 0.15) is 0 Å². The van der Waals surface area contributed by atoms with E-state index < -0.39 is 0 Å². The van der Waals surface area contributed by atoms with Crippen LogP contribution in [0.3, 0.4) is 0 Å². The third-order valence-corrected chi connectivity index (χ3v) is 3.99. The molecule has 2 heteroatoms. The van der Waals surface area contributed by atoms with Crippen molar-refractivity contribution in [2.24, 2.45) is 0 Å². The second-order valence-electron chi connectivity index (χ2n) is 5.48. The van der Waals surface area contributed by atoms with Gasteiger partial charge in [-0.1, -0.05) is 42.0 Å². The molecular weight excluding hydrogens is 246 g/mol. The van der Waals surface area contributed by atoms with Crippen molar-refractivity contribution in [3.05, 3.63) is 70.8 Å². The molecule has 0 saturated carbocycles. The van der Waals surface area contributed by atoms with E-state index in [2.05, 4.69) is 29.6 Å². The summed E-state index contributed by atoms with van der Waals surface area (Å²) in [6.45, 7) is 2.03. The van der Waals surface area contributed by atoms with E-state index in [4.69, 9.17) is 0 Å². The third-order valence-electron chi connectivity index (χ3n) is 3.99. The summed E-state index contributed by atoms with van der Waals surface area (Å²) in [4.78, 5) is 12.3. The molecule has 1 unspecified atom stereocenters. The summed E-state index contributed by atoms with van der Waals surface area (Å²) >= 11 is 0. The molecule has 0 aliphatic heterocycles. The number of fused-ring (bicyclic) bond motifs is 1. The zero-order valence-corrected chi connectivity index (χ0v) is 11.7. The zero-order valence-electron chi connectivity index (χ0n) is 11.7. The van der Waals surface area contributed by atoms with Gasteiger partial charge in [-0.3, -0.25) is 4.79 Å². The van der Waals surface area contributed by atoms with Crippen molar-refractivity contribution in [1.82, 2.24) is 5.32 Å². The first-order valence-electron chi connectivity index (χ1n) is 7.19. The van der Waals surface area contributed by atoms with Gasteiger partial charge in [0, 0.05) is 5.56 Å². The van der Waals surface area contributed by atoms with Gasteiger partial charge < -0.3 is 5.32 Å². The molecule has 2 aromatic rings. The Hall–Kier alpha value is -2.09. The molecule has 1 N–H and O–H groups in total. The molecule has 1 aliphatic rings. The maximum absolute atomic E-state index is 12.3. The van der Waals surface area contributed by atoms with Crippen molar-refractivity contribution in [2.75, 3.05) is 0 Å². The van der Waals surface area contributed by atoms with Crippen LogP contribution in [-0.2, 0) is 6.42 Å². The Morgan fingerprint density at radius 2 is 1.85 bits per heavy atom. The maximum atomic E-state index is 12.3. The lowest BCUT2D eigenvalue weighted by molar-refractivity contribution is 0.0933. The summed E-state index contributed by atoms with van der Waals surface area (Å²) in [5.41, 5.74) is 4.55. The summed E-state index contributed by atoms with van der Waals surface area (Å²) in [6.07, 6.45) is 3.28. The zero-order chi connectivity index (χ0) is 13.9. The number of amides is 1. The molecule has 0 bridgehead atoms. The number of rotatable bonds is 2. The molecular formula is C18H19NO. The lowest BCUT2D eigenvalue weighted by Crippen LogP contribution is -2.30. The quantitative estimate of drug-likeness (QED) is 0.879. The number of carbonyl (C=O) groups is 1. The standard InChI is InChI=1S/C18H19NO/c1-13-9-11-15(12-10-13)18(20)19-17-8-4-6-14-5-2-3-7-16(14)17/h2-3,5,7,9-12,17H,4,6,8H2,1H3,(H,19,20). The summed E-state index contributed by atoms with van der Waals surface area (Å²) < 4.78 is 0. The fourth-order valence-corrected chi connectivity index (χ4v) is 2.85. The van der Waals surface area contributed by atoms with Gasteiger partial charge in [-0.05, 0) is 49.4 Å². The Morgan fingerprint density at radius 3 is 2.65 bits per heavy atom. The minimum atomic E-state index is 0.0201. The van der Waals surface area contributed by atoms with E-state index >= 15 is 0 Å². The van der Waals surface area contributed by atoms with Crippen molar-refractivity contribution >= 4 is 5.91 Å². The van der Waals surface area contributed by atoms with Gasteiger partial charge in [-0.15, -0.1) is 0 Å². The van der Waals surface area contributed by atoms with E-state index in [0.717, 1.165) is 24.8 Å². The average molecular weight is 265 g/mol. The summed E-state index contributed by atoms with van der Waals surface area (Å²) in [7, 11) is 0. The molecule has 102 valence electrons. The van der Waals surface area contributed by atoms with E-state index in [1.165, 1.54) is 16.7 Å². The molecule has 3 rings (SSSR count). The largest absolute Gasteiger partial charge is 0.345 e. The van der Waals surface area contributed by atoms with Gasteiger partial charge in [-0.25, -0.2) is 0 Å². The summed E-state index contributed by atoms with van der Waals surface area (Å²) in [6, 6.07) is 16.3. The normalized spacial score (nSPS) is 17.4. The van der Waals surface area contributed by atoms with Gasteiger partial charge >= 0.3 is 0 Å². The van der Waals surface area contributed by atoms with Crippen molar-refractivity contribution in [3.63, 3.8) is 0 Å². The first-order valence-corrected chi connectivity index (χ1v) is 7.19. The van der Waals surface area contributed by atoms with Gasteiger partial charge in [0.05, 0.1) is 6.04 Å². The fraction of sp³-hybridized carbons (Fsp3) is 0.278. The predicted molar refractivity (Wildman–Crippen MR) is 80.8 cm³/mol. The van der Waals surface area contributed by atoms with Crippen LogP contribution in [0.25, 0.3) is 0 Å². The molecule has 0 fully saturated rings. The predicted octanol–water partition coefficient (Wildman–Crippen LogP) is 3.80. The van der Waals surface area contributed by atoms with E-state index in [-0.39, 0.29) is 11.9 Å². The van der Waals surface area contributed by atoms with Crippen molar-refractivity contribution in [2.45, 2.75) is 32.2 Å². The molecule has 1 atom stereocenters. The van der Waals surface area contributed by atoms with Crippen molar-refractivity contribution in [1.29, 1.82) is 0 Å². The smallest absolute Gasteiger partial charge is 0.251 e. The highest BCUT2D eigenvalue weighted by atomic mass is 16.1. The second-order valence-corrected chi connectivity index (χ2v) is 5.48. The van der Waals surface area contributed by atoms with Crippen LogP contribution in [0.1, 0.15) is 45.9 Å². The average Bonchev–Trinajstić information content (AvgIpc) is 2.48. The molecule has 1 amide bonds. The van der Waals surface area contributed by atoms with Crippen LogP contribution < -0.4 is 5.32 Å². The number of hydrogen-bond acceptors (Lipinski definition) is 1. The Bertz CT molecular complexity index is 616. The first kappa shape index (κ1) is 12.9. The fourth-order valence-electron chi connectivity index (χ4n) is 2.85. The van der Waals surface area contributed by atoms with Gasteiger partial charge in [0.15, 0.2) is 0 Å². The molecule has 2 aromatic carbocycles. The molecule has 0 spiro atoms. The van der Waals surface area contributed by atoms with Gasteiger partial charge in [-0.2, -0.15) is 0 Å². The molecule has 1 aliphatic carbocycles. The Kier molecular flexibility index (Phi) is 3.55. The SMILES string of the molecule is Cc1ccc(C(=O)NC2CCCc3ccccc32)cc1. The van der Waals surface area contributed by atoms with Crippen LogP contribution in [0.15, 0.2) is 48.5 Å². The molecule has 0 heterocycles. The number of aryl methyl sites for hydroxylation is 2. The van der Waals surface area contributed by atoms with E-state index in [0.29, 0.717) is 0 Å². The van der Waals surface area contributed by atoms with Crippen LogP contribution in [0, 0.1) is 6.92 Å². The number of hydrogen-bond donors (Lipinski definition) is 1. The highest BCUT2D eigenvalue weighted by Crippen LogP contribution is 2.29. The van der Waals surface area contributed by atoms with Crippen molar-refractivity contribution in [3.8, 4) is 0 Å². The van der Waals surface area contributed by atoms with Crippen molar-refractivity contribution < 1.29 is 4.79 Å².